The van der Waals surface area contributed by atoms with E-state index in [0.29, 0.717) is 6.54 Å². The third kappa shape index (κ3) is 3.95. The number of amides is 1. The summed E-state index contributed by atoms with van der Waals surface area (Å²) in [5.41, 5.74) is 2.06. The zero-order chi connectivity index (χ0) is 14.5. The standard InChI is InChI=1S/C16H23N3O2/c20-16(13-18-7-1-2-8-18)17-14-3-5-15(6-4-14)19-9-11-21-12-10-19/h3-6H,1-2,7-13H2,(H,17,20). The second-order valence-corrected chi connectivity index (χ2v) is 5.68. The van der Waals surface area contributed by atoms with Crippen LogP contribution < -0.4 is 10.2 Å². The molecular formula is C16H23N3O2. The van der Waals surface area contributed by atoms with Gasteiger partial charge in [0.25, 0.3) is 0 Å². The third-order valence-corrected chi connectivity index (χ3v) is 4.09. The van der Waals surface area contributed by atoms with E-state index in [1.165, 1.54) is 18.5 Å². The fourth-order valence-electron chi connectivity index (χ4n) is 2.92. The fraction of sp³-hybridized carbons (Fsp3) is 0.562. The van der Waals surface area contributed by atoms with Gasteiger partial charge >= 0.3 is 0 Å². The van der Waals surface area contributed by atoms with E-state index >= 15 is 0 Å². The quantitative estimate of drug-likeness (QED) is 0.913. The number of nitrogens with one attached hydrogen (secondary N) is 1. The van der Waals surface area contributed by atoms with E-state index in [1.807, 2.05) is 12.1 Å². The minimum atomic E-state index is 0.0797. The van der Waals surface area contributed by atoms with Crippen LogP contribution in [0.25, 0.3) is 0 Å². The molecule has 0 aliphatic carbocycles. The summed E-state index contributed by atoms with van der Waals surface area (Å²) < 4.78 is 5.36. The van der Waals surface area contributed by atoms with Crippen molar-refractivity contribution < 1.29 is 9.53 Å². The first-order chi connectivity index (χ1) is 10.3. The lowest BCUT2D eigenvalue weighted by atomic mass is 10.2. The monoisotopic (exact) mass is 289 g/mol. The third-order valence-electron chi connectivity index (χ3n) is 4.09. The Hall–Kier alpha value is -1.59. The summed E-state index contributed by atoms with van der Waals surface area (Å²) in [6.45, 7) is 6.03. The summed E-state index contributed by atoms with van der Waals surface area (Å²) in [7, 11) is 0. The number of likely N-dealkylation sites (tertiary alicyclic amines) is 1. The molecule has 3 rings (SSSR count). The van der Waals surface area contributed by atoms with Crippen LogP contribution in [0.1, 0.15) is 12.8 Å². The molecule has 0 aromatic heterocycles. The van der Waals surface area contributed by atoms with Crippen LogP contribution in [0.5, 0.6) is 0 Å². The lowest BCUT2D eigenvalue weighted by Gasteiger charge is -2.28. The van der Waals surface area contributed by atoms with Gasteiger partial charge in [0.15, 0.2) is 0 Å². The highest BCUT2D eigenvalue weighted by Crippen LogP contribution is 2.19. The van der Waals surface area contributed by atoms with Crippen LogP contribution in [0, 0.1) is 0 Å². The molecule has 2 heterocycles. The van der Waals surface area contributed by atoms with E-state index in [0.717, 1.165) is 45.1 Å². The Bertz CT molecular complexity index is 463. The minimum absolute atomic E-state index is 0.0797. The molecule has 2 aliphatic heterocycles. The van der Waals surface area contributed by atoms with Crippen molar-refractivity contribution in [2.45, 2.75) is 12.8 Å². The first-order valence-corrected chi connectivity index (χ1v) is 7.76. The average molecular weight is 289 g/mol. The van der Waals surface area contributed by atoms with Gasteiger partial charge in [0.2, 0.25) is 5.91 Å². The topological polar surface area (TPSA) is 44.8 Å². The van der Waals surface area contributed by atoms with Gasteiger partial charge in [-0.15, -0.1) is 0 Å². The van der Waals surface area contributed by atoms with Crippen molar-refractivity contribution in [3.8, 4) is 0 Å². The van der Waals surface area contributed by atoms with Gasteiger partial charge in [-0.05, 0) is 50.2 Å². The predicted molar refractivity (Wildman–Crippen MR) is 83.8 cm³/mol. The molecular weight excluding hydrogens is 266 g/mol. The summed E-state index contributed by atoms with van der Waals surface area (Å²) in [4.78, 5) is 16.5. The maximum absolute atomic E-state index is 12.0. The number of carbonyl (C=O) groups excluding carboxylic acids is 1. The van der Waals surface area contributed by atoms with Gasteiger partial charge < -0.3 is 15.0 Å². The molecule has 21 heavy (non-hydrogen) atoms. The van der Waals surface area contributed by atoms with Gasteiger partial charge in [0.1, 0.15) is 0 Å². The van der Waals surface area contributed by atoms with E-state index < -0.39 is 0 Å². The van der Waals surface area contributed by atoms with Gasteiger partial charge in [0, 0.05) is 24.5 Å². The molecule has 0 bridgehead atoms. The molecule has 0 atom stereocenters. The molecule has 114 valence electrons. The normalized spacial score (nSPS) is 19.7. The molecule has 5 nitrogen and oxygen atoms in total. The van der Waals surface area contributed by atoms with E-state index in [2.05, 4.69) is 27.2 Å². The summed E-state index contributed by atoms with van der Waals surface area (Å²) in [6, 6.07) is 8.09. The van der Waals surface area contributed by atoms with Crippen molar-refractivity contribution in [2.24, 2.45) is 0 Å². The highest BCUT2D eigenvalue weighted by atomic mass is 16.5. The number of hydrogen-bond donors (Lipinski definition) is 1. The van der Waals surface area contributed by atoms with Gasteiger partial charge in [-0.3, -0.25) is 9.69 Å². The number of anilines is 2. The van der Waals surface area contributed by atoms with Gasteiger partial charge in [0.05, 0.1) is 19.8 Å². The Kier molecular flexibility index (Phi) is 4.72. The number of morpholine rings is 1. The molecule has 0 radical (unpaired) electrons. The van der Waals surface area contributed by atoms with Gasteiger partial charge in [-0.25, -0.2) is 0 Å². The van der Waals surface area contributed by atoms with Crippen LogP contribution in [0.15, 0.2) is 24.3 Å². The molecule has 0 saturated carbocycles. The van der Waals surface area contributed by atoms with Crippen LogP contribution in [-0.4, -0.2) is 56.7 Å². The Morgan fingerprint density at radius 1 is 1.05 bits per heavy atom. The maximum Gasteiger partial charge on any atom is 0.238 e. The zero-order valence-electron chi connectivity index (χ0n) is 12.4. The van der Waals surface area contributed by atoms with Crippen LogP contribution >= 0.6 is 0 Å². The summed E-state index contributed by atoms with van der Waals surface area (Å²) in [6.07, 6.45) is 2.42. The molecule has 2 aliphatic rings. The van der Waals surface area contributed by atoms with Gasteiger partial charge in [-0.2, -0.15) is 0 Å². The molecule has 1 N–H and O–H groups in total. The van der Waals surface area contributed by atoms with Crippen molar-refractivity contribution in [2.75, 3.05) is 56.2 Å². The zero-order valence-corrected chi connectivity index (χ0v) is 12.4. The van der Waals surface area contributed by atoms with Crippen LogP contribution in [0.3, 0.4) is 0 Å². The smallest absolute Gasteiger partial charge is 0.238 e. The first-order valence-electron chi connectivity index (χ1n) is 7.76. The fourth-order valence-corrected chi connectivity index (χ4v) is 2.92. The molecule has 0 spiro atoms. The van der Waals surface area contributed by atoms with Crippen LogP contribution in [0.2, 0.25) is 0 Å². The van der Waals surface area contributed by atoms with Crippen molar-refractivity contribution >= 4 is 17.3 Å². The molecule has 1 aromatic rings. The highest BCUT2D eigenvalue weighted by molar-refractivity contribution is 5.92. The number of ether oxygens (including phenoxy) is 1. The van der Waals surface area contributed by atoms with E-state index in [-0.39, 0.29) is 5.91 Å². The SMILES string of the molecule is O=C(CN1CCCC1)Nc1ccc(N2CCOCC2)cc1. The highest BCUT2D eigenvalue weighted by Gasteiger charge is 2.15. The molecule has 2 saturated heterocycles. The Morgan fingerprint density at radius 3 is 2.38 bits per heavy atom. The lowest BCUT2D eigenvalue weighted by Crippen LogP contribution is -2.36. The maximum atomic E-state index is 12.0. The van der Waals surface area contributed by atoms with Crippen molar-refractivity contribution in [3.05, 3.63) is 24.3 Å². The van der Waals surface area contributed by atoms with E-state index in [9.17, 15) is 4.79 Å². The number of hydrogen-bond acceptors (Lipinski definition) is 4. The molecule has 1 aromatic carbocycles. The second kappa shape index (κ2) is 6.91. The molecule has 0 unspecified atom stereocenters. The lowest BCUT2D eigenvalue weighted by molar-refractivity contribution is -0.117. The number of rotatable bonds is 4. The average Bonchev–Trinajstić information content (AvgIpc) is 3.02. The van der Waals surface area contributed by atoms with Crippen molar-refractivity contribution in [1.82, 2.24) is 4.90 Å². The predicted octanol–water partition coefficient (Wildman–Crippen LogP) is 1.56. The number of nitrogens with zero attached hydrogens (tertiary/aromatic N) is 2. The summed E-state index contributed by atoms with van der Waals surface area (Å²) in [5.74, 6) is 0.0797. The largest absolute Gasteiger partial charge is 0.378 e. The van der Waals surface area contributed by atoms with Crippen molar-refractivity contribution in [3.63, 3.8) is 0 Å². The summed E-state index contributed by atoms with van der Waals surface area (Å²) in [5, 5.41) is 2.98. The van der Waals surface area contributed by atoms with E-state index in [1.54, 1.807) is 0 Å². The van der Waals surface area contributed by atoms with E-state index in [4.69, 9.17) is 4.74 Å². The summed E-state index contributed by atoms with van der Waals surface area (Å²) >= 11 is 0. The van der Waals surface area contributed by atoms with Crippen molar-refractivity contribution in [1.29, 1.82) is 0 Å². The minimum Gasteiger partial charge on any atom is -0.378 e. The number of carbonyl (C=O) groups is 1. The molecule has 1 amide bonds. The molecule has 2 fully saturated rings. The molecule has 5 heteroatoms. The van der Waals surface area contributed by atoms with Crippen LogP contribution in [0.4, 0.5) is 11.4 Å². The Morgan fingerprint density at radius 2 is 1.71 bits per heavy atom. The van der Waals surface area contributed by atoms with Gasteiger partial charge in [-0.1, -0.05) is 0 Å². The Labute approximate surface area is 125 Å². The first kappa shape index (κ1) is 14.4. The van der Waals surface area contributed by atoms with Crippen LogP contribution in [-0.2, 0) is 9.53 Å². The second-order valence-electron chi connectivity index (χ2n) is 5.68. The number of benzene rings is 1. The Balaban J connectivity index is 1.52.